The molecular weight excluding hydrogens is 350 g/mol. The molecule has 1 aliphatic heterocycles. The Bertz CT molecular complexity index is 668. The van der Waals surface area contributed by atoms with Crippen molar-refractivity contribution in [1.29, 1.82) is 0 Å². The molecule has 0 bridgehead atoms. The molecule has 2 amide bonds. The average molecular weight is 370 g/mol. The molecule has 142 valence electrons. The summed E-state index contributed by atoms with van der Waals surface area (Å²) in [5.74, 6) is -2.49. The third-order valence-electron chi connectivity index (χ3n) is 4.05. The number of aliphatic carboxylic acids is 1. The summed E-state index contributed by atoms with van der Waals surface area (Å²) in [4.78, 5) is 36.7. The van der Waals surface area contributed by atoms with Crippen molar-refractivity contribution in [2.24, 2.45) is 5.92 Å². The Balaban J connectivity index is 2.01. The summed E-state index contributed by atoms with van der Waals surface area (Å²) >= 11 is 0. The number of nitrogens with one attached hydrogen (secondary N) is 1. The molecule has 2 rings (SSSR count). The molecule has 1 saturated heterocycles. The number of ether oxygens (including phenoxy) is 1. The molecule has 9 heteroatoms. The summed E-state index contributed by atoms with van der Waals surface area (Å²) in [6.45, 7) is -2.48. The van der Waals surface area contributed by atoms with E-state index in [1.165, 1.54) is 23.1 Å². The van der Waals surface area contributed by atoms with Gasteiger partial charge < -0.3 is 20.1 Å². The Morgan fingerprint density at radius 1 is 1.31 bits per heavy atom. The van der Waals surface area contributed by atoms with Crippen molar-refractivity contribution in [3.63, 3.8) is 0 Å². The summed E-state index contributed by atoms with van der Waals surface area (Å²) in [6.07, 6.45) is 0.970. The van der Waals surface area contributed by atoms with Gasteiger partial charge in [-0.1, -0.05) is 12.1 Å². The van der Waals surface area contributed by atoms with E-state index in [-0.39, 0.29) is 36.7 Å². The van der Waals surface area contributed by atoms with Gasteiger partial charge in [0.15, 0.2) is 0 Å². The monoisotopic (exact) mass is 370 g/mol. The molecule has 0 radical (unpaired) electrons. The highest BCUT2D eigenvalue weighted by Gasteiger charge is 2.30. The minimum absolute atomic E-state index is 0.0136. The van der Waals surface area contributed by atoms with E-state index < -0.39 is 24.4 Å². The van der Waals surface area contributed by atoms with Gasteiger partial charge >= 0.3 is 12.6 Å². The predicted octanol–water partition coefficient (Wildman–Crippen LogP) is 1.73. The van der Waals surface area contributed by atoms with Crippen LogP contribution in [-0.4, -0.2) is 54.0 Å². The quantitative estimate of drug-likeness (QED) is 0.762. The van der Waals surface area contributed by atoms with Crippen molar-refractivity contribution in [3.05, 3.63) is 29.8 Å². The number of hydrogen-bond acceptors (Lipinski definition) is 4. The van der Waals surface area contributed by atoms with Crippen LogP contribution < -0.4 is 10.1 Å². The van der Waals surface area contributed by atoms with Gasteiger partial charge in [-0.25, -0.2) is 0 Å². The van der Waals surface area contributed by atoms with E-state index in [0.29, 0.717) is 19.4 Å². The number of halogens is 2. The molecule has 1 atom stereocenters. The highest BCUT2D eigenvalue weighted by molar-refractivity contribution is 5.97. The maximum Gasteiger partial charge on any atom is 0.387 e. The van der Waals surface area contributed by atoms with Crippen LogP contribution in [0.5, 0.6) is 5.75 Å². The Hall–Kier alpha value is -2.71. The van der Waals surface area contributed by atoms with Crippen molar-refractivity contribution in [1.82, 2.24) is 10.2 Å². The van der Waals surface area contributed by atoms with Gasteiger partial charge in [0, 0.05) is 19.6 Å². The first-order valence-corrected chi connectivity index (χ1v) is 8.21. The first-order chi connectivity index (χ1) is 12.4. The first kappa shape index (κ1) is 19.6. The minimum atomic E-state index is -3.04. The number of carbonyl (C=O) groups is 3. The Labute approximate surface area is 148 Å². The fourth-order valence-corrected chi connectivity index (χ4v) is 2.82. The van der Waals surface area contributed by atoms with Gasteiger partial charge in [-0.05, 0) is 25.0 Å². The summed E-state index contributed by atoms with van der Waals surface area (Å²) in [5.41, 5.74) is 0.0136. The summed E-state index contributed by atoms with van der Waals surface area (Å²) < 4.78 is 29.4. The molecule has 1 heterocycles. The van der Waals surface area contributed by atoms with Crippen LogP contribution in [0.1, 0.15) is 29.6 Å². The molecule has 1 aromatic rings. The summed E-state index contributed by atoms with van der Waals surface area (Å²) in [7, 11) is 0. The van der Waals surface area contributed by atoms with E-state index in [2.05, 4.69) is 10.1 Å². The van der Waals surface area contributed by atoms with E-state index in [9.17, 15) is 23.2 Å². The van der Waals surface area contributed by atoms with Crippen molar-refractivity contribution < 1.29 is 33.0 Å². The lowest BCUT2D eigenvalue weighted by Crippen LogP contribution is -2.45. The molecule has 1 fully saturated rings. The third kappa shape index (κ3) is 5.40. The average Bonchev–Trinajstić information content (AvgIpc) is 2.61. The van der Waals surface area contributed by atoms with Gasteiger partial charge in [0.25, 0.3) is 5.91 Å². The number of carboxylic acids is 1. The zero-order chi connectivity index (χ0) is 19.1. The molecular formula is C17H20F2N2O5. The second kappa shape index (κ2) is 9.12. The zero-order valence-electron chi connectivity index (χ0n) is 14.0. The minimum Gasteiger partial charge on any atom is -0.481 e. The van der Waals surface area contributed by atoms with E-state index in [1.54, 1.807) is 6.07 Å². The Morgan fingerprint density at radius 3 is 2.73 bits per heavy atom. The molecule has 1 aromatic carbocycles. The molecule has 26 heavy (non-hydrogen) atoms. The number of alkyl halides is 2. The van der Waals surface area contributed by atoms with Crippen molar-refractivity contribution in [2.75, 3.05) is 19.6 Å². The van der Waals surface area contributed by atoms with Crippen LogP contribution in [0.15, 0.2) is 24.3 Å². The van der Waals surface area contributed by atoms with Gasteiger partial charge in [0.1, 0.15) is 5.75 Å². The number of rotatable bonds is 7. The molecule has 0 aliphatic carbocycles. The molecule has 0 spiro atoms. The largest absolute Gasteiger partial charge is 0.481 e. The first-order valence-electron chi connectivity index (χ1n) is 8.21. The number of amides is 2. The highest BCUT2D eigenvalue weighted by atomic mass is 19.3. The second-order valence-corrected chi connectivity index (χ2v) is 5.90. The highest BCUT2D eigenvalue weighted by Crippen LogP contribution is 2.25. The van der Waals surface area contributed by atoms with Crippen molar-refractivity contribution in [3.8, 4) is 5.75 Å². The van der Waals surface area contributed by atoms with Crippen LogP contribution in [0, 0.1) is 5.92 Å². The van der Waals surface area contributed by atoms with E-state index in [0.717, 1.165) is 0 Å². The lowest BCUT2D eigenvalue weighted by Gasteiger charge is -2.32. The topological polar surface area (TPSA) is 95.9 Å². The van der Waals surface area contributed by atoms with Crippen LogP contribution in [0.3, 0.4) is 0 Å². The van der Waals surface area contributed by atoms with Gasteiger partial charge in [-0.3, -0.25) is 14.4 Å². The SMILES string of the molecule is O=C(O)CCNC(=O)C1CCCN(C(=O)c2ccccc2OC(F)F)C1. The molecule has 1 unspecified atom stereocenters. The predicted molar refractivity (Wildman–Crippen MR) is 87.0 cm³/mol. The van der Waals surface area contributed by atoms with Gasteiger partial charge in [-0.2, -0.15) is 8.78 Å². The van der Waals surface area contributed by atoms with E-state index in [4.69, 9.17) is 5.11 Å². The Kier molecular flexibility index (Phi) is 6.88. The van der Waals surface area contributed by atoms with Gasteiger partial charge in [0.2, 0.25) is 5.91 Å². The van der Waals surface area contributed by atoms with Crippen molar-refractivity contribution in [2.45, 2.75) is 25.9 Å². The van der Waals surface area contributed by atoms with Gasteiger partial charge in [-0.15, -0.1) is 0 Å². The molecule has 1 aliphatic rings. The molecule has 0 saturated carbocycles. The number of carboxylic acid groups (broad SMARTS) is 1. The number of likely N-dealkylation sites (tertiary alicyclic amines) is 1. The van der Waals surface area contributed by atoms with Crippen LogP contribution in [-0.2, 0) is 9.59 Å². The third-order valence-corrected chi connectivity index (χ3v) is 4.05. The molecule has 0 aromatic heterocycles. The van der Waals surface area contributed by atoms with Crippen LogP contribution in [0.2, 0.25) is 0 Å². The smallest absolute Gasteiger partial charge is 0.387 e. The number of hydrogen-bond donors (Lipinski definition) is 2. The summed E-state index contributed by atoms with van der Waals surface area (Å²) in [5, 5.41) is 11.1. The number of benzene rings is 1. The fraction of sp³-hybridized carbons (Fsp3) is 0.471. The lowest BCUT2D eigenvalue weighted by atomic mass is 9.96. The Morgan fingerprint density at radius 2 is 2.04 bits per heavy atom. The fourth-order valence-electron chi connectivity index (χ4n) is 2.82. The van der Waals surface area contributed by atoms with Crippen LogP contribution >= 0.6 is 0 Å². The normalized spacial score (nSPS) is 17.0. The molecule has 7 nitrogen and oxygen atoms in total. The van der Waals surface area contributed by atoms with E-state index >= 15 is 0 Å². The number of piperidine rings is 1. The van der Waals surface area contributed by atoms with Crippen LogP contribution in [0.4, 0.5) is 8.78 Å². The van der Waals surface area contributed by atoms with E-state index in [1.807, 2.05) is 0 Å². The summed E-state index contributed by atoms with van der Waals surface area (Å²) in [6, 6.07) is 5.73. The molecule has 2 N–H and O–H groups in total. The lowest BCUT2D eigenvalue weighted by molar-refractivity contribution is -0.137. The number of carbonyl (C=O) groups excluding carboxylic acids is 2. The van der Waals surface area contributed by atoms with Crippen LogP contribution in [0.25, 0.3) is 0 Å². The van der Waals surface area contributed by atoms with Gasteiger partial charge in [0.05, 0.1) is 17.9 Å². The van der Waals surface area contributed by atoms with Crippen molar-refractivity contribution >= 4 is 17.8 Å². The standard InChI is InChI=1S/C17H20F2N2O5/c18-17(19)26-13-6-2-1-5-12(13)16(25)21-9-3-4-11(10-21)15(24)20-8-7-14(22)23/h1-2,5-6,11,17H,3-4,7-10H2,(H,20,24)(H,22,23). The number of nitrogens with zero attached hydrogens (tertiary/aromatic N) is 1. The number of para-hydroxylation sites is 1. The maximum atomic E-state index is 12.7. The maximum absolute atomic E-state index is 12.7. The zero-order valence-corrected chi connectivity index (χ0v) is 14.0. The second-order valence-electron chi connectivity index (χ2n) is 5.90.